The number of hydrogen-bond acceptors (Lipinski definition) is 8. The Morgan fingerprint density at radius 1 is 1.14 bits per heavy atom. The summed E-state index contributed by atoms with van der Waals surface area (Å²) in [4.78, 5) is 25.8. The molecule has 0 aromatic heterocycles. The molecule has 2 saturated heterocycles. The van der Waals surface area contributed by atoms with Crippen molar-refractivity contribution in [1.29, 1.82) is 0 Å². The summed E-state index contributed by atoms with van der Waals surface area (Å²) >= 11 is 6.14. The zero-order chi connectivity index (χ0) is 31.4. The molecule has 1 amide bonds. The Balaban J connectivity index is 0.000000541. The van der Waals surface area contributed by atoms with Crippen LogP contribution in [0.15, 0.2) is 36.4 Å². The van der Waals surface area contributed by atoms with Gasteiger partial charge in [0, 0.05) is 56.5 Å². The molecule has 2 aromatic rings. The third kappa shape index (κ3) is 8.22. The predicted molar refractivity (Wildman–Crippen MR) is 149 cm³/mol. The number of piperidine rings is 1. The lowest BCUT2D eigenvalue weighted by molar-refractivity contribution is -0.192. The minimum absolute atomic E-state index is 0.00472. The molecule has 2 aromatic carbocycles. The van der Waals surface area contributed by atoms with Crippen molar-refractivity contribution in [2.45, 2.75) is 56.0 Å². The lowest BCUT2D eigenvalue weighted by Crippen LogP contribution is -2.49. The number of phenols is 1. The second-order valence-electron chi connectivity index (χ2n) is 10.9. The van der Waals surface area contributed by atoms with Crippen LogP contribution in [0.5, 0.6) is 17.2 Å². The normalized spacial score (nSPS) is 20.1. The number of fused-ring (bicyclic) bond motifs is 1. The summed E-state index contributed by atoms with van der Waals surface area (Å²) in [6.45, 7) is 2.52. The van der Waals surface area contributed by atoms with Crippen LogP contribution in [0.2, 0.25) is 5.02 Å². The summed E-state index contributed by atoms with van der Waals surface area (Å²) in [5.74, 6) is -1.87. The molecule has 3 aliphatic heterocycles. The Morgan fingerprint density at radius 2 is 1.84 bits per heavy atom. The fraction of sp³-hybridized carbons (Fsp3) is 0.517. The average Bonchev–Trinajstić information content (AvgIpc) is 3.57. The number of nitrogens with zero attached hydrogens (tertiary/aromatic N) is 2. The fourth-order valence-electron chi connectivity index (χ4n) is 5.62. The van der Waals surface area contributed by atoms with Gasteiger partial charge in [-0.2, -0.15) is 13.2 Å². The molecule has 0 bridgehead atoms. The van der Waals surface area contributed by atoms with Gasteiger partial charge in [-0.15, -0.1) is 0 Å². The molecule has 4 N–H and O–H groups in total. The molecule has 5 rings (SSSR count). The number of β-amino-alcohol motifs (C(OH)–C–C–N with tert-alkyl or cyclic N) is 1. The lowest BCUT2D eigenvalue weighted by Gasteiger charge is -2.39. The number of amides is 1. The third-order valence-electron chi connectivity index (χ3n) is 7.82. The molecule has 1 spiro atoms. The highest BCUT2D eigenvalue weighted by molar-refractivity contribution is 6.30. The van der Waals surface area contributed by atoms with E-state index in [1.54, 1.807) is 4.90 Å². The first-order valence-electron chi connectivity index (χ1n) is 13.9. The van der Waals surface area contributed by atoms with Crippen LogP contribution in [0, 0.1) is 0 Å². The van der Waals surface area contributed by atoms with Gasteiger partial charge in [-0.1, -0.05) is 11.6 Å². The van der Waals surface area contributed by atoms with Crippen LogP contribution in [0.1, 0.15) is 41.6 Å². The molecule has 236 valence electrons. The first kappa shape index (κ1) is 32.6. The van der Waals surface area contributed by atoms with Gasteiger partial charge in [0.15, 0.2) is 0 Å². The topological polar surface area (TPSA) is 140 Å². The molecule has 14 heteroatoms. The van der Waals surface area contributed by atoms with Gasteiger partial charge in [-0.05, 0) is 48.7 Å². The second kappa shape index (κ2) is 13.6. The molecule has 10 nitrogen and oxygen atoms in total. The highest BCUT2D eigenvalue weighted by Gasteiger charge is 2.42. The summed E-state index contributed by atoms with van der Waals surface area (Å²) in [6, 6.07) is 9.94. The number of aliphatic hydroxyl groups is 2. The Kier molecular flexibility index (Phi) is 10.3. The standard InChI is InChI=1S/C27H33ClN2O6.C2HF3O2/c28-19-3-6-24-18(12-19)14-27(36-24)7-10-29(11-8-27)15-22(33)17-35-25-13-21(32)4-5-23(25)26(34)30-9-1-2-20(30)16-31;3-2(4,5)1(6)7/h3-6,12-13,20,22,31-33H,1-2,7-11,14-17H2;(H,6,7)/t20-,22+;/m1./s1. The van der Waals surface area contributed by atoms with E-state index >= 15 is 0 Å². The van der Waals surface area contributed by atoms with Crippen molar-refractivity contribution in [2.75, 3.05) is 39.4 Å². The summed E-state index contributed by atoms with van der Waals surface area (Å²) in [5, 5.41) is 38.1. The van der Waals surface area contributed by atoms with Crippen LogP contribution >= 0.6 is 11.6 Å². The number of aliphatic carboxylic acids is 1. The summed E-state index contributed by atoms with van der Waals surface area (Å²) in [6.07, 6.45) is -1.67. The number of benzene rings is 2. The van der Waals surface area contributed by atoms with Gasteiger partial charge in [0.05, 0.1) is 18.2 Å². The summed E-state index contributed by atoms with van der Waals surface area (Å²) < 4.78 is 43.9. The first-order valence-corrected chi connectivity index (χ1v) is 14.2. The second-order valence-corrected chi connectivity index (χ2v) is 11.4. The Labute approximate surface area is 251 Å². The van der Waals surface area contributed by atoms with Crippen molar-refractivity contribution in [3.8, 4) is 17.2 Å². The SMILES string of the molecule is O=C(O)C(F)(F)F.O=C(c1ccc(O)cc1OC[C@@H](O)CN1CCC2(CC1)Cc1cc(Cl)ccc1O2)N1CCC[C@@H]1CO. The number of ether oxygens (including phenoxy) is 2. The highest BCUT2D eigenvalue weighted by atomic mass is 35.5. The monoisotopic (exact) mass is 630 g/mol. The van der Waals surface area contributed by atoms with E-state index in [4.69, 9.17) is 31.0 Å². The minimum Gasteiger partial charge on any atom is -0.508 e. The molecular formula is C29H34ClF3N2O8. The highest BCUT2D eigenvalue weighted by Crippen LogP contribution is 2.42. The van der Waals surface area contributed by atoms with E-state index in [1.165, 1.54) is 18.2 Å². The van der Waals surface area contributed by atoms with Crippen LogP contribution in [-0.2, 0) is 11.2 Å². The molecule has 0 radical (unpaired) electrons. The number of phenolic OH excluding ortho intramolecular Hbond substituents is 1. The predicted octanol–water partition coefficient (Wildman–Crippen LogP) is 3.49. The van der Waals surface area contributed by atoms with Crippen LogP contribution in [0.3, 0.4) is 0 Å². The number of likely N-dealkylation sites (tertiary alicyclic amines) is 2. The quantitative estimate of drug-likeness (QED) is 0.362. The van der Waals surface area contributed by atoms with Crippen molar-refractivity contribution in [3.63, 3.8) is 0 Å². The molecular weight excluding hydrogens is 597 g/mol. The van der Waals surface area contributed by atoms with Crippen molar-refractivity contribution < 1.29 is 52.7 Å². The number of aliphatic hydroxyl groups excluding tert-OH is 2. The third-order valence-corrected chi connectivity index (χ3v) is 8.05. The van der Waals surface area contributed by atoms with Gasteiger partial charge in [0.1, 0.15) is 35.6 Å². The van der Waals surface area contributed by atoms with Crippen molar-refractivity contribution >= 4 is 23.5 Å². The molecule has 0 unspecified atom stereocenters. The van der Waals surface area contributed by atoms with Gasteiger partial charge < -0.3 is 39.7 Å². The maximum absolute atomic E-state index is 13.1. The number of carbonyl (C=O) groups excluding carboxylic acids is 1. The van der Waals surface area contributed by atoms with Crippen molar-refractivity contribution in [1.82, 2.24) is 9.80 Å². The maximum atomic E-state index is 13.1. The molecule has 43 heavy (non-hydrogen) atoms. The van der Waals surface area contributed by atoms with Gasteiger partial charge in [-0.25, -0.2) is 4.79 Å². The van der Waals surface area contributed by atoms with Gasteiger partial charge >= 0.3 is 12.1 Å². The van der Waals surface area contributed by atoms with E-state index in [2.05, 4.69) is 4.90 Å². The first-order chi connectivity index (χ1) is 20.3. The van der Waals surface area contributed by atoms with Crippen LogP contribution in [0.25, 0.3) is 0 Å². The van der Waals surface area contributed by atoms with E-state index in [1.807, 2.05) is 18.2 Å². The number of alkyl halides is 3. The van der Waals surface area contributed by atoms with Gasteiger partial charge in [0.2, 0.25) is 0 Å². The number of hydrogen-bond donors (Lipinski definition) is 4. The molecule has 2 fully saturated rings. The number of carboxylic acid groups (broad SMARTS) is 1. The smallest absolute Gasteiger partial charge is 0.490 e. The van der Waals surface area contributed by atoms with E-state index in [0.29, 0.717) is 18.7 Å². The number of carbonyl (C=O) groups is 2. The molecule has 0 saturated carbocycles. The Morgan fingerprint density at radius 3 is 2.49 bits per heavy atom. The zero-order valence-electron chi connectivity index (χ0n) is 23.2. The number of carboxylic acids is 1. The molecule has 0 aliphatic carbocycles. The Bertz CT molecular complexity index is 1300. The number of rotatable bonds is 7. The molecule has 3 aliphatic rings. The molecule has 3 heterocycles. The fourth-order valence-corrected chi connectivity index (χ4v) is 5.81. The van der Waals surface area contributed by atoms with E-state index < -0.39 is 18.2 Å². The van der Waals surface area contributed by atoms with Crippen molar-refractivity contribution in [3.05, 3.63) is 52.5 Å². The van der Waals surface area contributed by atoms with Crippen LogP contribution in [0.4, 0.5) is 13.2 Å². The van der Waals surface area contributed by atoms with Gasteiger partial charge in [-0.3, -0.25) is 4.79 Å². The number of aromatic hydroxyl groups is 1. The van der Waals surface area contributed by atoms with E-state index in [-0.39, 0.29) is 42.3 Å². The average molecular weight is 631 g/mol. The minimum atomic E-state index is -5.08. The Hall–Kier alpha value is -3.26. The van der Waals surface area contributed by atoms with E-state index in [0.717, 1.165) is 61.5 Å². The maximum Gasteiger partial charge on any atom is 0.490 e. The van der Waals surface area contributed by atoms with Crippen LogP contribution in [-0.4, -0.2) is 105 Å². The van der Waals surface area contributed by atoms with E-state index in [9.17, 15) is 33.3 Å². The lowest BCUT2D eigenvalue weighted by atomic mass is 9.87. The van der Waals surface area contributed by atoms with Crippen molar-refractivity contribution in [2.24, 2.45) is 0 Å². The van der Waals surface area contributed by atoms with Crippen LogP contribution < -0.4 is 9.47 Å². The summed E-state index contributed by atoms with van der Waals surface area (Å²) in [7, 11) is 0. The summed E-state index contributed by atoms with van der Waals surface area (Å²) in [5.41, 5.74) is 1.27. The number of halogens is 4. The van der Waals surface area contributed by atoms with Gasteiger partial charge in [0.25, 0.3) is 5.91 Å². The largest absolute Gasteiger partial charge is 0.508 e. The molecule has 2 atom stereocenters. The zero-order valence-corrected chi connectivity index (χ0v) is 24.0.